The number of ether oxygens (including phenoxy) is 1. The van der Waals surface area contributed by atoms with Gasteiger partial charge in [0.05, 0.1) is 12.5 Å². The van der Waals surface area contributed by atoms with Crippen LogP contribution in [0.2, 0.25) is 0 Å². The summed E-state index contributed by atoms with van der Waals surface area (Å²) in [5, 5.41) is 9.35. The van der Waals surface area contributed by atoms with E-state index in [2.05, 4.69) is 11.8 Å². The van der Waals surface area contributed by atoms with Gasteiger partial charge in [-0.1, -0.05) is 6.92 Å². The van der Waals surface area contributed by atoms with E-state index in [-0.39, 0.29) is 24.1 Å². The van der Waals surface area contributed by atoms with E-state index in [1.54, 1.807) is 0 Å². The predicted octanol–water partition coefficient (Wildman–Crippen LogP) is 1.42. The van der Waals surface area contributed by atoms with Crippen molar-refractivity contribution in [1.29, 1.82) is 0 Å². The molecule has 1 heterocycles. The highest BCUT2D eigenvalue weighted by Crippen LogP contribution is 2.28. The smallest absolute Gasteiger partial charge is 0.307 e. The molecule has 1 unspecified atom stereocenters. The number of hydrogen-bond acceptors (Lipinski definition) is 4. The Balaban J connectivity index is 2.30. The zero-order valence-corrected chi connectivity index (χ0v) is 11.2. The molecule has 1 atom stereocenters. The largest absolute Gasteiger partial charge is 0.463 e. The van der Waals surface area contributed by atoms with Crippen molar-refractivity contribution in [2.75, 3.05) is 26.2 Å². The van der Waals surface area contributed by atoms with Crippen LogP contribution in [-0.2, 0) is 9.53 Å². The van der Waals surface area contributed by atoms with Gasteiger partial charge in [-0.2, -0.15) is 0 Å². The van der Waals surface area contributed by atoms with Gasteiger partial charge in [-0.25, -0.2) is 0 Å². The molecule has 0 spiro atoms. The first-order valence-corrected chi connectivity index (χ1v) is 6.48. The van der Waals surface area contributed by atoms with Gasteiger partial charge in [-0.3, -0.25) is 4.79 Å². The van der Waals surface area contributed by atoms with Crippen molar-refractivity contribution in [2.24, 2.45) is 5.41 Å². The summed E-state index contributed by atoms with van der Waals surface area (Å²) < 4.78 is 5.10. The Morgan fingerprint density at radius 2 is 2.24 bits per heavy atom. The molecule has 0 amide bonds. The van der Waals surface area contributed by atoms with Gasteiger partial charge in [0.15, 0.2) is 0 Å². The molecule has 1 fully saturated rings. The minimum atomic E-state index is -0.128. The van der Waals surface area contributed by atoms with E-state index in [0.717, 1.165) is 32.5 Å². The van der Waals surface area contributed by atoms with Crippen LogP contribution in [0.4, 0.5) is 0 Å². The zero-order valence-electron chi connectivity index (χ0n) is 11.2. The summed E-state index contributed by atoms with van der Waals surface area (Å²) in [6.45, 7) is 8.68. The lowest BCUT2D eigenvalue weighted by Gasteiger charge is -2.39. The van der Waals surface area contributed by atoms with Gasteiger partial charge in [-0.05, 0) is 33.2 Å². The monoisotopic (exact) mass is 243 g/mol. The number of rotatable bonds is 5. The molecule has 0 saturated carbocycles. The average Bonchev–Trinajstić information content (AvgIpc) is 2.26. The second-order valence-electron chi connectivity index (χ2n) is 5.64. The van der Waals surface area contributed by atoms with Gasteiger partial charge >= 0.3 is 5.97 Å². The molecule has 4 nitrogen and oxygen atoms in total. The van der Waals surface area contributed by atoms with Crippen molar-refractivity contribution in [3.8, 4) is 0 Å². The van der Waals surface area contributed by atoms with Crippen LogP contribution in [0.25, 0.3) is 0 Å². The van der Waals surface area contributed by atoms with Gasteiger partial charge in [0.1, 0.15) is 0 Å². The summed E-state index contributed by atoms with van der Waals surface area (Å²) in [7, 11) is 0. The van der Waals surface area contributed by atoms with Crippen molar-refractivity contribution < 1.29 is 14.6 Å². The minimum absolute atomic E-state index is 0.000201. The van der Waals surface area contributed by atoms with Crippen LogP contribution in [-0.4, -0.2) is 48.3 Å². The fourth-order valence-corrected chi connectivity index (χ4v) is 2.32. The third kappa shape index (κ3) is 5.04. The van der Waals surface area contributed by atoms with Crippen LogP contribution in [0.15, 0.2) is 0 Å². The van der Waals surface area contributed by atoms with Gasteiger partial charge in [-0.15, -0.1) is 0 Å². The van der Waals surface area contributed by atoms with Crippen LogP contribution < -0.4 is 0 Å². The number of nitrogens with zero attached hydrogens (tertiary/aromatic N) is 1. The molecule has 0 aliphatic carbocycles. The molecule has 1 aliphatic rings. The summed E-state index contributed by atoms with van der Waals surface area (Å²) in [6.07, 6.45) is 2.57. The van der Waals surface area contributed by atoms with Gasteiger partial charge < -0.3 is 14.7 Å². The lowest BCUT2D eigenvalue weighted by Crippen LogP contribution is -2.44. The molecule has 0 aromatic heterocycles. The van der Waals surface area contributed by atoms with Gasteiger partial charge in [0.25, 0.3) is 0 Å². The number of hydrogen-bond donors (Lipinski definition) is 1. The Labute approximate surface area is 104 Å². The van der Waals surface area contributed by atoms with Gasteiger partial charge in [0.2, 0.25) is 0 Å². The molecular formula is C13H25NO3. The molecule has 0 bridgehead atoms. The quantitative estimate of drug-likeness (QED) is 0.742. The molecule has 0 aromatic carbocycles. The van der Waals surface area contributed by atoms with Crippen molar-refractivity contribution in [3.05, 3.63) is 0 Å². The fraction of sp³-hybridized carbons (Fsp3) is 0.923. The number of aliphatic hydroxyl groups is 1. The van der Waals surface area contributed by atoms with E-state index in [9.17, 15) is 9.90 Å². The molecular weight excluding hydrogens is 218 g/mol. The van der Waals surface area contributed by atoms with E-state index in [1.165, 1.54) is 0 Å². The maximum Gasteiger partial charge on any atom is 0.307 e. The standard InChI is InChI=1S/C13H25NO3/c1-11(2)17-12(16)5-8-14-7-4-6-13(3,9-14)10-15/h11,15H,4-10H2,1-3H3. The summed E-state index contributed by atoms with van der Waals surface area (Å²) in [6, 6.07) is 0. The van der Waals surface area contributed by atoms with Crippen LogP contribution in [0.1, 0.15) is 40.0 Å². The van der Waals surface area contributed by atoms with Gasteiger partial charge in [0, 0.05) is 25.1 Å². The summed E-state index contributed by atoms with van der Waals surface area (Å²) in [4.78, 5) is 13.7. The summed E-state index contributed by atoms with van der Waals surface area (Å²) >= 11 is 0. The van der Waals surface area contributed by atoms with E-state index in [4.69, 9.17) is 4.74 Å². The second-order valence-corrected chi connectivity index (χ2v) is 5.64. The first kappa shape index (κ1) is 14.5. The van der Waals surface area contributed by atoms with Crippen LogP contribution in [0, 0.1) is 5.41 Å². The maximum absolute atomic E-state index is 11.4. The molecule has 4 heteroatoms. The normalized spacial score (nSPS) is 26.2. The maximum atomic E-state index is 11.4. The molecule has 1 N–H and O–H groups in total. The number of carbonyl (C=O) groups is 1. The lowest BCUT2D eigenvalue weighted by molar-refractivity contribution is -0.147. The lowest BCUT2D eigenvalue weighted by atomic mass is 9.83. The first-order chi connectivity index (χ1) is 7.95. The zero-order chi connectivity index (χ0) is 12.9. The molecule has 100 valence electrons. The van der Waals surface area contributed by atoms with Crippen molar-refractivity contribution in [3.63, 3.8) is 0 Å². The Hall–Kier alpha value is -0.610. The number of carbonyl (C=O) groups excluding carboxylic acids is 1. The number of aliphatic hydroxyl groups excluding tert-OH is 1. The van der Waals surface area contributed by atoms with Crippen molar-refractivity contribution >= 4 is 5.97 Å². The highest BCUT2D eigenvalue weighted by Gasteiger charge is 2.30. The molecule has 1 aliphatic heterocycles. The van der Waals surface area contributed by atoms with Crippen LogP contribution in [0.3, 0.4) is 0 Å². The molecule has 1 rings (SSSR count). The SMILES string of the molecule is CC(C)OC(=O)CCN1CCCC(C)(CO)C1. The number of piperidine rings is 1. The molecule has 17 heavy (non-hydrogen) atoms. The topological polar surface area (TPSA) is 49.8 Å². The first-order valence-electron chi connectivity index (χ1n) is 6.48. The van der Waals surface area contributed by atoms with E-state index < -0.39 is 0 Å². The van der Waals surface area contributed by atoms with E-state index in [0.29, 0.717) is 6.42 Å². The third-order valence-corrected chi connectivity index (χ3v) is 3.24. The van der Waals surface area contributed by atoms with Crippen LogP contribution >= 0.6 is 0 Å². The fourth-order valence-electron chi connectivity index (χ4n) is 2.32. The van der Waals surface area contributed by atoms with E-state index in [1.807, 2.05) is 13.8 Å². The average molecular weight is 243 g/mol. The van der Waals surface area contributed by atoms with Crippen LogP contribution in [0.5, 0.6) is 0 Å². The Bertz CT molecular complexity index is 255. The third-order valence-electron chi connectivity index (χ3n) is 3.24. The number of esters is 1. The highest BCUT2D eigenvalue weighted by molar-refractivity contribution is 5.69. The predicted molar refractivity (Wildman–Crippen MR) is 66.7 cm³/mol. The second kappa shape index (κ2) is 6.36. The number of likely N-dealkylation sites (tertiary alicyclic amines) is 1. The highest BCUT2D eigenvalue weighted by atomic mass is 16.5. The van der Waals surface area contributed by atoms with Crippen molar-refractivity contribution in [1.82, 2.24) is 4.90 Å². The van der Waals surface area contributed by atoms with Crippen molar-refractivity contribution in [2.45, 2.75) is 46.1 Å². The Morgan fingerprint density at radius 1 is 1.53 bits per heavy atom. The Morgan fingerprint density at radius 3 is 2.82 bits per heavy atom. The summed E-state index contributed by atoms with van der Waals surface area (Å²) in [5.41, 5.74) is 0.000201. The summed E-state index contributed by atoms with van der Waals surface area (Å²) in [5.74, 6) is -0.128. The molecule has 0 radical (unpaired) electrons. The molecule has 0 aromatic rings. The minimum Gasteiger partial charge on any atom is -0.463 e. The van der Waals surface area contributed by atoms with E-state index >= 15 is 0 Å². The Kier molecular flexibility index (Phi) is 5.40. The molecule has 1 saturated heterocycles.